The lowest BCUT2D eigenvalue weighted by Gasteiger charge is -2.20. The molecule has 0 saturated carbocycles. The van der Waals surface area contributed by atoms with E-state index < -0.39 is 63.8 Å². The van der Waals surface area contributed by atoms with E-state index in [1.807, 2.05) is 36.5 Å². The van der Waals surface area contributed by atoms with Gasteiger partial charge in [0.1, 0.15) is 12.6 Å². The standard InChI is InChI=1S/C44H70NO11P/c1-3-5-7-9-11-12-13-14-15-16-17-18-22-26-30-34-42(47)53-36-40(37-54-57(51,52)55-38-41(45)44(49)50)56-43(48)35-31-27-23-20-19-21-25-29-33-39(46)32-28-24-10-8-6-4-2/h5-8,11-12,14-15,20-21,23-25,28-29,33,39-41,46H,3-4,9-10,13,16-19,22,26-27,30-32,34-38,45H2,1-2H3,(H,49,50)(H,51,52)/b7-5-,8-6-,12-11-,15-14-,23-20-,25-21-,28-24-,33-29+/t39?,40-,41+/m1/s1. The van der Waals surface area contributed by atoms with Gasteiger partial charge in [-0.1, -0.05) is 130 Å². The molecule has 0 aromatic heterocycles. The smallest absolute Gasteiger partial charge is 0.472 e. The fraction of sp³-hybridized carbons (Fsp3) is 0.568. The number of carbonyl (C=O) groups excluding carboxylic acids is 2. The summed E-state index contributed by atoms with van der Waals surface area (Å²) in [5, 5.41) is 18.9. The summed E-state index contributed by atoms with van der Waals surface area (Å²) >= 11 is 0. The fourth-order valence-electron chi connectivity index (χ4n) is 4.73. The monoisotopic (exact) mass is 819 g/mol. The second-order valence-electron chi connectivity index (χ2n) is 13.2. The number of unbranched alkanes of at least 4 members (excludes halogenated alkanes) is 6. The van der Waals surface area contributed by atoms with Gasteiger partial charge in [-0.25, -0.2) is 4.57 Å². The van der Waals surface area contributed by atoms with Gasteiger partial charge >= 0.3 is 25.7 Å². The number of rotatable bonds is 36. The molecule has 0 rings (SSSR count). The van der Waals surface area contributed by atoms with Crippen LogP contribution in [0.1, 0.15) is 123 Å². The molecule has 13 heteroatoms. The molecule has 0 fully saturated rings. The Bertz CT molecular complexity index is 1350. The highest BCUT2D eigenvalue weighted by Crippen LogP contribution is 2.43. The topological polar surface area (TPSA) is 192 Å². The first-order chi connectivity index (χ1) is 27.5. The van der Waals surface area contributed by atoms with Crippen LogP contribution in [0.3, 0.4) is 0 Å². The lowest BCUT2D eigenvalue weighted by molar-refractivity contribution is -0.161. The Morgan fingerprint density at radius 1 is 0.632 bits per heavy atom. The molecule has 0 aromatic carbocycles. The summed E-state index contributed by atoms with van der Waals surface area (Å²) in [6, 6.07) is -1.55. The number of carbonyl (C=O) groups is 3. The number of carboxylic acid groups (broad SMARTS) is 1. The quantitative estimate of drug-likeness (QED) is 0.0154. The predicted octanol–water partition coefficient (Wildman–Crippen LogP) is 9.47. The van der Waals surface area contributed by atoms with E-state index in [2.05, 4.69) is 67.0 Å². The first kappa shape index (κ1) is 53.4. The Kier molecular flexibility index (Phi) is 35.5. The van der Waals surface area contributed by atoms with Crippen LogP contribution in [-0.4, -0.2) is 71.1 Å². The second kappa shape index (κ2) is 37.9. The summed E-state index contributed by atoms with van der Waals surface area (Å²) in [6.07, 6.45) is 43.7. The van der Waals surface area contributed by atoms with Gasteiger partial charge in [-0.3, -0.25) is 23.4 Å². The molecule has 0 aromatic rings. The maximum atomic E-state index is 12.6. The van der Waals surface area contributed by atoms with E-state index in [4.69, 9.17) is 24.8 Å². The Hall–Kier alpha value is -3.64. The lowest BCUT2D eigenvalue weighted by Crippen LogP contribution is -2.34. The number of hydrogen-bond donors (Lipinski definition) is 4. The molecule has 0 aliphatic heterocycles. The number of phosphoric acid groups is 1. The zero-order valence-electron chi connectivity index (χ0n) is 34.2. The average Bonchev–Trinajstić information content (AvgIpc) is 3.18. The molecule has 4 atom stereocenters. The molecule has 0 spiro atoms. The van der Waals surface area contributed by atoms with Crippen molar-refractivity contribution in [2.75, 3.05) is 19.8 Å². The Balaban J connectivity index is 4.62. The molecule has 0 radical (unpaired) electrons. The molecule has 2 unspecified atom stereocenters. The third-order valence-electron chi connectivity index (χ3n) is 7.91. The fourth-order valence-corrected chi connectivity index (χ4v) is 5.50. The number of aliphatic carboxylic acids is 1. The molecule has 5 N–H and O–H groups in total. The molecule has 12 nitrogen and oxygen atoms in total. The van der Waals surface area contributed by atoms with Gasteiger partial charge in [0.25, 0.3) is 0 Å². The van der Waals surface area contributed by atoms with E-state index in [0.717, 1.165) is 64.2 Å². The van der Waals surface area contributed by atoms with Crippen molar-refractivity contribution in [2.24, 2.45) is 5.73 Å². The SMILES string of the molecule is CC/C=C\C/C=C\C/C=C\CCCCCCCC(=O)OC[C@H](COP(=O)(O)OC[C@H](N)C(=O)O)OC(=O)CCC/C=C\C/C=C\C=C\C(O)C/C=C\C/C=C\CC. The lowest BCUT2D eigenvalue weighted by atomic mass is 10.1. The van der Waals surface area contributed by atoms with Crippen LogP contribution in [0, 0.1) is 0 Å². The number of carboxylic acids is 1. The maximum absolute atomic E-state index is 12.6. The molecular weight excluding hydrogens is 749 g/mol. The highest BCUT2D eigenvalue weighted by atomic mass is 31.2. The molecular formula is C44H70NO11P. The maximum Gasteiger partial charge on any atom is 0.472 e. The van der Waals surface area contributed by atoms with E-state index in [1.165, 1.54) is 0 Å². The van der Waals surface area contributed by atoms with Crippen LogP contribution in [0.5, 0.6) is 0 Å². The number of nitrogens with two attached hydrogens (primary N) is 1. The molecule has 0 saturated heterocycles. The average molecular weight is 820 g/mol. The van der Waals surface area contributed by atoms with Gasteiger partial charge in [-0.2, -0.15) is 0 Å². The summed E-state index contributed by atoms with van der Waals surface area (Å²) in [5.41, 5.74) is 5.31. The van der Waals surface area contributed by atoms with Crippen molar-refractivity contribution in [3.05, 3.63) is 97.2 Å². The normalized spacial score (nSPS) is 15.3. The van der Waals surface area contributed by atoms with Gasteiger partial charge in [0.2, 0.25) is 0 Å². The van der Waals surface area contributed by atoms with Crippen LogP contribution in [0.4, 0.5) is 0 Å². The molecule has 57 heavy (non-hydrogen) atoms. The predicted molar refractivity (Wildman–Crippen MR) is 227 cm³/mol. The van der Waals surface area contributed by atoms with Gasteiger partial charge in [-0.15, -0.1) is 0 Å². The number of allylic oxidation sites excluding steroid dienone is 14. The minimum Gasteiger partial charge on any atom is -0.480 e. The summed E-state index contributed by atoms with van der Waals surface area (Å²) in [6.45, 7) is 2.38. The van der Waals surface area contributed by atoms with Crippen molar-refractivity contribution in [1.82, 2.24) is 0 Å². The summed E-state index contributed by atoms with van der Waals surface area (Å²) in [5.74, 6) is -2.54. The van der Waals surface area contributed by atoms with Gasteiger partial charge in [-0.05, 0) is 77.0 Å². The van der Waals surface area contributed by atoms with Crippen LogP contribution in [0.25, 0.3) is 0 Å². The second-order valence-corrected chi connectivity index (χ2v) is 14.7. The third kappa shape index (κ3) is 37.7. The van der Waals surface area contributed by atoms with Crippen molar-refractivity contribution < 1.29 is 52.6 Å². The largest absolute Gasteiger partial charge is 0.480 e. The number of ether oxygens (including phenoxy) is 2. The molecule has 322 valence electrons. The number of aliphatic hydroxyl groups is 1. The van der Waals surface area contributed by atoms with Crippen molar-refractivity contribution in [3.8, 4) is 0 Å². The van der Waals surface area contributed by atoms with Crippen molar-refractivity contribution in [3.63, 3.8) is 0 Å². The Labute approximate surface area is 341 Å². The highest BCUT2D eigenvalue weighted by molar-refractivity contribution is 7.47. The summed E-state index contributed by atoms with van der Waals surface area (Å²) in [7, 11) is -4.76. The van der Waals surface area contributed by atoms with E-state index in [-0.39, 0.29) is 12.8 Å². The number of aliphatic hydroxyl groups excluding tert-OH is 1. The Morgan fingerprint density at radius 3 is 1.81 bits per heavy atom. The van der Waals surface area contributed by atoms with E-state index in [9.17, 15) is 28.9 Å². The summed E-state index contributed by atoms with van der Waals surface area (Å²) < 4.78 is 32.5. The molecule has 0 aliphatic carbocycles. The van der Waals surface area contributed by atoms with E-state index in [0.29, 0.717) is 32.1 Å². The van der Waals surface area contributed by atoms with Crippen LogP contribution in [0.15, 0.2) is 97.2 Å². The van der Waals surface area contributed by atoms with Crippen molar-refractivity contribution in [2.45, 2.75) is 141 Å². The van der Waals surface area contributed by atoms with Gasteiger partial charge < -0.3 is 30.3 Å². The number of phosphoric ester groups is 1. The minimum atomic E-state index is -4.76. The van der Waals surface area contributed by atoms with Crippen molar-refractivity contribution >= 4 is 25.7 Å². The van der Waals surface area contributed by atoms with Crippen LogP contribution < -0.4 is 5.73 Å². The van der Waals surface area contributed by atoms with Crippen LogP contribution >= 0.6 is 7.82 Å². The highest BCUT2D eigenvalue weighted by Gasteiger charge is 2.28. The van der Waals surface area contributed by atoms with E-state index in [1.54, 1.807) is 12.2 Å². The third-order valence-corrected chi connectivity index (χ3v) is 8.86. The first-order valence-electron chi connectivity index (χ1n) is 20.4. The summed E-state index contributed by atoms with van der Waals surface area (Å²) in [4.78, 5) is 45.9. The zero-order chi connectivity index (χ0) is 42.2. The zero-order valence-corrected chi connectivity index (χ0v) is 35.1. The molecule has 0 aliphatic rings. The van der Waals surface area contributed by atoms with Crippen molar-refractivity contribution in [1.29, 1.82) is 0 Å². The minimum absolute atomic E-state index is 0.0408. The van der Waals surface area contributed by atoms with E-state index >= 15 is 0 Å². The van der Waals surface area contributed by atoms with Crippen LogP contribution in [0.2, 0.25) is 0 Å². The van der Waals surface area contributed by atoms with Crippen LogP contribution in [-0.2, 0) is 37.5 Å². The van der Waals surface area contributed by atoms with Gasteiger partial charge in [0.05, 0.1) is 19.3 Å². The number of esters is 2. The first-order valence-corrected chi connectivity index (χ1v) is 21.9. The molecule has 0 bridgehead atoms. The van der Waals surface area contributed by atoms with Gasteiger partial charge in [0.15, 0.2) is 6.10 Å². The van der Waals surface area contributed by atoms with Gasteiger partial charge in [0, 0.05) is 12.8 Å². The Morgan fingerprint density at radius 2 is 1.16 bits per heavy atom. The number of hydrogen-bond acceptors (Lipinski definition) is 10. The molecule has 0 amide bonds. The molecule has 0 heterocycles.